The summed E-state index contributed by atoms with van der Waals surface area (Å²) in [6.07, 6.45) is 1.16. The molecule has 1 amide bonds. The molecular formula is C15H22N2O. The normalized spacial score (nSPS) is 17.8. The number of benzene rings is 1. The van der Waals surface area contributed by atoms with Gasteiger partial charge in [-0.15, -0.1) is 0 Å². The molecule has 1 unspecified atom stereocenters. The second kappa shape index (κ2) is 5.11. The van der Waals surface area contributed by atoms with Gasteiger partial charge in [0.25, 0.3) is 0 Å². The summed E-state index contributed by atoms with van der Waals surface area (Å²) in [7, 11) is 1.69. The summed E-state index contributed by atoms with van der Waals surface area (Å²) in [6.45, 7) is 5.60. The molecule has 18 heavy (non-hydrogen) atoms. The molecule has 1 aromatic carbocycles. The molecule has 2 N–H and O–H groups in total. The Balaban J connectivity index is 1.80. The van der Waals surface area contributed by atoms with E-state index in [1.807, 2.05) is 13.8 Å². The van der Waals surface area contributed by atoms with Gasteiger partial charge in [0.15, 0.2) is 0 Å². The van der Waals surface area contributed by atoms with Crippen LogP contribution >= 0.6 is 0 Å². The largest absolute Gasteiger partial charge is 0.359 e. The predicted molar refractivity (Wildman–Crippen MR) is 73.6 cm³/mol. The number of fused-ring (bicyclic) bond motifs is 1. The van der Waals surface area contributed by atoms with Crippen molar-refractivity contribution >= 4 is 5.91 Å². The van der Waals surface area contributed by atoms with Crippen molar-refractivity contribution in [2.24, 2.45) is 5.41 Å². The topological polar surface area (TPSA) is 41.1 Å². The fourth-order valence-electron chi connectivity index (χ4n) is 2.52. The standard InChI is InChI=1S/C15H22N2O/c1-15(2,14(18)16-3)10-17-9-12-8-11-6-4-5-7-13(11)12/h4-7,12,17H,8-10H2,1-3H3,(H,16,18). The number of hydrogen-bond acceptors (Lipinski definition) is 2. The number of carbonyl (C=O) groups excluding carboxylic acids is 1. The molecule has 0 fully saturated rings. The van der Waals surface area contributed by atoms with Gasteiger partial charge in [-0.3, -0.25) is 4.79 Å². The highest BCUT2D eigenvalue weighted by Gasteiger charge is 2.28. The van der Waals surface area contributed by atoms with E-state index in [0.717, 1.165) is 13.0 Å². The van der Waals surface area contributed by atoms with Gasteiger partial charge in [0.05, 0.1) is 5.41 Å². The van der Waals surface area contributed by atoms with Crippen molar-refractivity contribution in [3.63, 3.8) is 0 Å². The monoisotopic (exact) mass is 246 g/mol. The van der Waals surface area contributed by atoms with Crippen molar-refractivity contribution < 1.29 is 4.79 Å². The van der Waals surface area contributed by atoms with Crippen molar-refractivity contribution in [2.45, 2.75) is 26.2 Å². The van der Waals surface area contributed by atoms with Gasteiger partial charge >= 0.3 is 0 Å². The van der Waals surface area contributed by atoms with E-state index < -0.39 is 0 Å². The van der Waals surface area contributed by atoms with Crippen LogP contribution < -0.4 is 10.6 Å². The van der Waals surface area contributed by atoms with Gasteiger partial charge in [-0.05, 0) is 31.4 Å². The lowest BCUT2D eigenvalue weighted by Crippen LogP contribution is -2.43. The van der Waals surface area contributed by atoms with Gasteiger partial charge in [-0.1, -0.05) is 24.3 Å². The van der Waals surface area contributed by atoms with E-state index in [4.69, 9.17) is 0 Å². The minimum absolute atomic E-state index is 0.0870. The maximum atomic E-state index is 11.6. The minimum atomic E-state index is -0.349. The Morgan fingerprint density at radius 1 is 1.39 bits per heavy atom. The summed E-state index contributed by atoms with van der Waals surface area (Å²) in [6, 6.07) is 8.59. The van der Waals surface area contributed by atoms with Gasteiger partial charge in [0.2, 0.25) is 5.91 Å². The minimum Gasteiger partial charge on any atom is -0.359 e. The Morgan fingerprint density at radius 3 is 2.78 bits per heavy atom. The molecule has 1 aliphatic rings. The van der Waals surface area contributed by atoms with Crippen molar-refractivity contribution in [1.29, 1.82) is 0 Å². The molecule has 0 bridgehead atoms. The lowest BCUT2D eigenvalue weighted by molar-refractivity contribution is -0.128. The Hall–Kier alpha value is -1.35. The molecule has 1 aromatic rings. The van der Waals surface area contributed by atoms with Crippen LogP contribution in [0.15, 0.2) is 24.3 Å². The number of rotatable bonds is 5. The number of amides is 1. The smallest absolute Gasteiger partial charge is 0.226 e. The van der Waals surface area contributed by atoms with E-state index in [2.05, 4.69) is 34.9 Å². The zero-order valence-corrected chi connectivity index (χ0v) is 11.4. The first kappa shape index (κ1) is 13.1. The van der Waals surface area contributed by atoms with Crippen LogP contribution in [-0.4, -0.2) is 26.0 Å². The van der Waals surface area contributed by atoms with E-state index in [0.29, 0.717) is 12.5 Å². The summed E-state index contributed by atoms with van der Waals surface area (Å²) in [5.41, 5.74) is 2.58. The third-order valence-electron chi connectivity index (χ3n) is 3.76. The zero-order chi connectivity index (χ0) is 13.2. The van der Waals surface area contributed by atoms with Crippen molar-refractivity contribution in [2.75, 3.05) is 20.1 Å². The van der Waals surface area contributed by atoms with Crippen LogP contribution in [0.4, 0.5) is 0 Å². The highest BCUT2D eigenvalue weighted by atomic mass is 16.2. The van der Waals surface area contributed by atoms with E-state index in [-0.39, 0.29) is 11.3 Å². The molecule has 0 spiro atoms. The van der Waals surface area contributed by atoms with Gasteiger partial charge < -0.3 is 10.6 Å². The van der Waals surface area contributed by atoms with Crippen LogP contribution in [0.5, 0.6) is 0 Å². The van der Waals surface area contributed by atoms with E-state index in [1.54, 1.807) is 7.05 Å². The Kier molecular flexibility index (Phi) is 3.71. The Labute approximate surface area is 109 Å². The Bertz CT molecular complexity index is 440. The summed E-state index contributed by atoms with van der Waals surface area (Å²) < 4.78 is 0. The third-order valence-corrected chi connectivity index (χ3v) is 3.76. The lowest BCUT2D eigenvalue weighted by atomic mass is 9.77. The van der Waals surface area contributed by atoms with E-state index in [1.165, 1.54) is 11.1 Å². The highest BCUT2D eigenvalue weighted by Crippen LogP contribution is 2.34. The van der Waals surface area contributed by atoms with Crippen LogP contribution in [0, 0.1) is 5.41 Å². The zero-order valence-electron chi connectivity index (χ0n) is 11.4. The molecule has 0 aliphatic heterocycles. The van der Waals surface area contributed by atoms with Crippen molar-refractivity contribution in [1.82, 2.24) is 10.6 Å². The van der Waals surface area contributed by atoms with E-state index >= 15 is 0 Å². The third kappa shape index (κ3) is 2.56. The number of carbonyl (C=O) groups is 1. The molecule has 0 aromatic heterocycles. The molecule has 0 saturated carbocycles. The van der Waals surface area contributed by atoms with Crippen LogP contribution in [0.3, 0.4) is 0 Å². The summed E-state index contributed by atoms with van der Waals surface area (Å²) >= 11 is 0. The van der Waals surface area contributed by atoms with Crippen LogP contribution in [0.2, 0.25) is 0 Å². The summed E-state index contributed by atoms with van der Waals surface area (Å²) in [4.78, 5) is 11.6. The first-order valence-corrected chi connectivity index (χ1v) is 6.55. The molecule has 0 radical (unpaired) electrons. The quantitative estimate of drug-likeness (QED) is 0.830. The van der Waals surface area contributed by atoms with E-state index in [9.17, 15) is 4.79 Å². The summed E-state index contributed by atoms with van der Waals surface area (Å²) in [5.74, 6) is 0.700. The molecule has 3 heteroatoms. The Morgan fingerprint density at radius 2 is 2.11 bits per heavy atom. The SMILES string of the molecule is CNC(=O)C(C)(C)CNCC1Cc2ccccc21. The van der Waals surface area contributed by atoms with Gasteiger partial charge in [-0.25, -0.2) is 0 Å². The molecule has 0 saturated heterocycles. The molecule has 3 nitrogen and oxygen atoms in total. The highest BCUT2D eigenvalue weighted by molar-refractivity contribution is 5.81. The summed E-state index contributed by atoms with van der Waals surface area (Å²) in [5, 5.41) is 6.13. The fraction of sp³-hybridized carbons (Fsp3) is 0.533. The second-order valence-electron chi connectivity index (χ2n) is 5.69. The van der Waals surface area contributed by atoms with Crippen molar-refractivity contribution in [3.8, 4) is 0 Å². The average molecular weight is 246 g/mol. The predicted octanol–water partition coefficient (Wildman–Crippen LogP) is 1.69. The average Bonchev–Trinajstić information content (AvgIpc) is 2.33. The lowest BCUT2D eigenvalue weighted by Gasteiger charge is -2.31. The molecule has 1 aliphatic carbocycles. The first-order valence-electron chi connectivity index (χ1n) is 6.55. The first-order chi connectivity index (χ1) is 8.54. The fourth-order valence-corrected chi connectivity index (χ4v) is 2.52. The van der Waals surface area contributed by atoms with Crippen LogP contribution in [-0.2, 0) is 11.2 Å². The number of hydrogen-bond donors (Lipinski definition) is 2. The second-order valence-corrected chi connectivity index (χ2v) is 5.69. The molecule has 0 heterocycles. The maximum absolute atomic E-state index is 11.6. The van der Waals surface area contributed by atoms with Gasteiger partial charge in [-0.2, -0.15) is 0 Å². The molecular weight excluding hydrogens is 224 g/mol. The molecule has 2 rings (SSSR count). The molecule has 98 valence electrons. The maximum Gasteiger partial charge on any atom is 0.226 e. The van der Waals surface area contributed by atoms with Crippen LogP contribution in [0.1, 0.15) is 30.9 Å². The van der Waals surface area contributed by atoms with Crippen molar-refractivity contribution in [3.05, 3.63) is 35.4 Å². The molecule has 1 atom stereocenters. The van der Waals surface area contributed by atoms with Crippen LogP contribution in [0.25, 0.3) is 0 Å². The van der Waals surface area contributed by atoms with Gasteiger partial charge in [0, 0.05) is 26.1 Å². The van der Waals surface area contributed by atoms with Gasteiger partial charge in [0.1, 0.15) is 0 Å². The number of nitrogens with one attached hydrogen (secondary N) is 2.